The zero-order valence-electron chi connectivity index (χ0n) is 10.7. The number of carbonyl (C=O) groups excluding carboxylic acids is 1. The van der Waals surface area contributed by atoms with Crippen molar-refractivity contribution in [3.8, 4) is 0 Å². The molecule has 3 N–H and O–H groups in total. The average Bonchev–Trinajstić information content (AvgIpc) is 2.47. The van der Waals surface area contributed by atoms with Crippen LogP contribution in [0.15, 0.2) is 54.6 Å². The Morgan fingerprint density at radius 1 is 1.10 bits per heavy atom. The predicted octanol–water partition coefficient (Wildman–Crippen LogP) is 1.85. The Hall–Kier alpha value is -2.31. The highest BCUT2D eigenvalue weighted by atomic mass is 16.5. The number of rotatable bonds is 4. The van der Waals surface area contributed by atoms with Crippen molar-refractivity contribution in [1.29, 1.82) is 0 Å². The second-order valence-corrected chi connectivity index (χ2v) is 4.18. The first-order valence-electron chi connectivity index (χ1n) is 6.09. The van der Waals surface area contributed by atoms with E-state index in [0.29, 0.717) is 11.2 Å². The summed E-state index contributed by atoms with van der Waals surface area (Å²) in [5.74, 6) is 0. The molecule has 0 spiro atoms. The molecule has 0 saturated carbocycles. The smallest absolute Gasteiger partial charge is 0.444 e. The van der Waals surface area contributed by atoms with Gasteiger partial charge in [-0.05, 0) is 23.2 Å². The van der Waals surface area contributed by atoms with Gasteiger partial charge in [0.25, 0.3) is 0 Å². The largest absolute Gasteiger partial charge is 0.488 e. The summed E-state index contributed by atoms with van der Waals surface area (Å²) in [6.07, 6.45) is -0.564. The quantitative estimate of drug-likeness (QED) is 0.745. The molecule has 0 heterocycles. The van der Waals surface area contributed by atoms with Gasteiger partial charge in [-0.2, -0.15) is 0 Å². The van der Waals surface area contributed by atoms with Gasteiger partial charge in [-0.25, -0.2) is 4.79 Å². The van der Waals surface area contributed by atoms with Gasteiger partial charge in [-0.1, -0.05) is 42.5 Å². The lowest BCUT2D eigenvalue weighted by Gasteiger charge is -2.07. The Kier molecular flexibility index (Phi) is 4.76. The van der Waals surface area contributed by atoms with Crippen LogP contribution in [0.4, 0.5) is 10.5 Å². The lowest BCUT2D eigenvalue weighted by Crippen LogP contribution is -2.29. The van der Waals surface area contributed by atoms with Crippen molar-refractivity contribution in [2.45, 2.75) is 6.61 Å². The van der Waals surface area contributed by atoms with Gasteiger partial charge in [0.05, 0.1) is 0 Å². The Balaban J connectivity index is 0. The fourth-order valence-electron chi connectivity index (χ4n) is 1.62. The van der Waals surface area contributed by atoms with Crippen LogP contribution in [0.1, 0.15) is 9.84 Å². The van der Waals surface area contributed by atoms with Gasteiger partial charge in [0.15, 0.2) is 0 Å². The number of benzene rings is 2. The van der Waals surface area contributed by atoms with Crippen LogP contribution in [0.2, 0.25) is 0 Å². The first-order valence-corrected chi connectivity index (χ1v) is 6.09. The van der Waals surface area contributed by atoms with Crippen LogP contribution >= 0.6 is 0 Å². The normalized spacial score (nSPS) is 9.90. The van der Waals surface area contributed by atoms with Gasteiger partial charge in [0, 0.05) is 9.97 Å². The summed E-state index contributed by atoms with van der Waals surface area (Å²) in [7, 11) is -1.52. The molecular weight excluding hydrogens is 257 g/mol. The van der Waals surface area contributed by atoms with Crippen LogP contribution in [-0.2, 0) is 11.3 Å². The van der Waals surface area contributed by atoms with Crippen molar-refractivity contribution in [2.24, 2.45) is 0 Å². The second kappa shape index (κ2) is 6.74. The zero-order valence-corrected chi connectivity index (χ0v) is 10.7. The predicted molar refractivity (Wildman–Crippen MR) is 82.9 cm³/mol. The molecule has 0 aromatic heterocycles. The summed E-state index contributed by atoms with van der Waals surface area (Å²) >= 11 is 0. The van der Waals surface area contributed by atoms with E-state index in [1.165, 1.54) is 12.1 Å². The molecule has 0 fully saturated rings. The van der Waals surface area contributed by atoms with E-state index >= 15 is 0 Å². The molecule has 0 aliphatic heterocycles. The van der Waals surface area contributed by atoms with E-state index in [1.54, 1.807) is 12.1 Å². The molecule has 0 radical (unpaired) electrons. The van der Waals surface area contributed by atoms with Crippen molar-refractivity contribution in [1.82, 2.24) is 0 Å². The third kappa shape index (κ3) is 4.12. The minimum absolute atomic E-state index is 0. The Morgan fingerprint density at radius 3 is 2.35 bits per heavy atom. The van der Waals surface area contributed by atoms with Gasteiger partial charge in [-0.15, -0.1) is 0 Å². The molecule has 2 aromatic carbocycles. The molecule has 2 rings (SSSR count). The molecule has 6 heteroatoms. The van der Waals surface area contributed by atoms with Crippen LogP contribution in [0.5, 0.6) is 0 Å². The third-order valence-corrected chi connectivity index (χ3v) is 2.67. The SMILES string of the molecule is O=C(Nc1ccc(B(O)O)cc1)OCc1ccccc1.[HH].[HH].[HH]. The number of anilines is 1. The Morgan fingerprint density at radius 2 is 1.75 bits per heavy atom. The fraction of sp³-hybridized carbons (Fsp3) is 0.0714. The van der Waals surface area contributed by atoms with Crippen LogP contribution in [0, 0.1) is 0 Å². The molecule has 0 saturated heterocycles. The molecule has 0 atom stereocenters. The Bertz CT molecular complexity index is 570. The van der Waals surface area contributed by atoms with Gasteiger partial charge in [-0.3, -0.25) is 5.32 Å². The van der Waals surface area contributed by atoms with Crippen molar-refractivity contribution >= 4 is 24.4 Å². The summed E-state index contributed by atoms with van der Waals surface area (Å²) in [5.41, 5.74) is 1.78. The minimum Gasteiger partial charge on any atom is -0.444 e. The standard InChI is InChI=1S/C14H14BNO4.3H2/c17-14(20-10-11-4-2-1-3-5-11)16-13-8-6-12(7-9-13)15(18)19;;;/h1-9,18-19H,10H2,(H,16,17);3*1H. The van der Waals surface area contributed by atoms with Crippen molar-refractivity contribution < 1.29 is 23.9 Å². The number of amides is 1. The fourth-order valence-corrected chi connectivity index (χ4v) is 1.62. The monoisotopic (exact) mass is 277 g/mol. The van der Waals surface area contributed by atoms with E-state index < -0.39 is 13.2 Å². The maximum atomic E-state index is 11.6. The van der Waals surface area contributed by atoms with Crippen molar-refractivity contribution in [3.63, 3.8) is 0 Å². The summed E-state index contributed by atoms with van der Waals surface area (Å²) in [4.78, 5) is 11.6. The number of hydrogen-bond donors (Lipinski definition) is 3. The van der Waals surface area contributed by atoms with Gasteiger partial charge < -0.3 is 14.8 Å². The number of ether oxygens (including phenoxy) is 1. The molecular formula is C14H20BNO4. The van der Waals surface area contributed by atoms with Crippen LogP contribution in [-0.4, -0.2) is 23.3 Å². The summed E-state index contributed by atoms with van der Waals surface area (Å²) in [6, 6.07) is 15.5. The average molecular weight is 277 g/mol. The van der Waals surface area contributed by atoms with Crippen LogP contribution in [0.25, 0.3) is 0 Å². The molecule has 0 aliphatic carbocycles. The first-order chi connectivity index (χ1) is 9.65. The molecule has 1 amide bonds. The van der Waals surface area contributed by atoms with Crippen LogP contribution < -0.4 is 10.8 Å². The summed E-state index contributed by atoms with van der Waals surface area (Å²) in [5, 5.41) is 20.5. The summed E-state index contributed by atoms with van der Waals surface area (Å²) in [6.45, 7) is 0.195. The number of hydrogen-bond acceptors (Lipinski definition) is 4. The van der Waals surface area contributed by atoms with E-state index in [9.17, 15) is 4.79 Å². The molecule has 5 nitrogen and oxygen atoms in total. The molecule has 0 unspecified atom stereocenters. The topological polar surface area (TPSA) is 78.8 Å². The first kappa shape index (κ1) is 14.1. The summed E-state index contributed by atoms with van der Waals surface area (Å²) < 4.78 is 5.06. The molecule has 0 bridgehead atoms. The molecule has 108 valence electrons. The van der Waals surface area contributed by atoms with Gasteiger partial charge in [0.2, 0.25) is 0 Å². The van der Waals surface area contributed by atoms with E-state index in [4.69, 9.17) is 14.8 Å². The second-order valence-electron chi connectivity index (χ2n) is 4.18. The zero-order chi connectivity index (χ0) is 14.4. The lowest BCUT2D eigenvalue weighted by atomic mass is 9.80. The van der Waals surface area contributed by atoms with Crippen molar-refractivity contribution in [2.75, 3.05) is 5.32 Å². The lowest BCUT2D eigenvalue weighted by molar-refractivity contribution is 0.155. The highest BCUT2D eigenvalue weighted by Crippen LogP contribution is 2.06. The molecule has 20 heavy (non-hydrogen) atoms. The maximum absolute atomic E-state index is 11.6. The molecule has 0 aliphatic rings. The molecule has 2 aromatic rings. The highest BCUT2D eigenvalue weighted by molar-refractivity contribution is 6.58. The van der Waals surface area contributed by atoms with E-state index in [2.05, 4.69) is 5.32 Å². The van der Waals surface area contributed by atoms with Crippen molar-refractivity contribution in [3.05, 3.63) is 60.2 Å². The number of nitrogens with one attached hydrogen (secondary N) is 1. The van der Waals surface area contributed by atoms with Crippen LogP contribution in [0.3, 0.4) is 0 Å². The third-order valence-electron chi connectivity index (χ3n) is 2.67. The van der Waals surface area contributed by atoms with E-state index in [0.717, 1.165) is 5.56 Å². The van der Waals surface area contributed by atoms with E-state index in [1.807, 2.05) is 30.3 Å². The van der Waals surface area contributed by atoms with Gasteiger partial charge in [0.1, 0.15) is 6.61 Å². The number of carbonyl (C=O) groups is 1. The highest BCUT2D eigenvalue weighted by Gasteiger charge is 2.10. The van der Waals surface area contributed by atoms with Gasteiger partial charge >= 0.3 is 13.2 Å². The van der Waals surface area contributed by atoms with E-state index in [-0.39, 0.29) is 10.9 Å². The Labute approximate surface area is 121 Å². The minimum atomic E-state index is -1.52. The maximum Gasteiger partial charge on any atom is 0.488 e.